The Kier molecular flexibility index (Phi) is 4.38. The van der Waals surface area contributed by atoms with E-state index in [1.807, 2.05) is 0 Å². The Bertz CT molecular complexity index is 718. The topological polar surface area (TPSA) is 108 Å². The molecule has 1 saturated carbocycles. The quantitative estimate of drug-likeness (QED) is 0.227. The highest BCUT2D eigenvalue weighted by molar-refractivity contribution is 8.08. The van der Waals surface area contributed by atoms with Crippen LogP contribution in [0.5, 0.6) is 0 Å². The molecule has 1 aliphatic carbocycles. The lowest BCUT2D eigenvalue weighted by Crippen LogP contribution is -2.45. The second kappa shape index (κ2) is 5.76. The van der Waals surface area contributed by atoms with Crippen LogP contribution in [-0.2, 0) is 20.9 Å². The third kappa shape index (κ3) is 2.69. The molecule has 2 rings (SSSR count). The summed E-state index contributed by atoms with van der Waals surface area (Å²) in [6.07, 6.45) is 1.39. The fourth-order valence-electron chi connectivity index (χ4n) is 2.52. The fourth-order valence-corrected chi connectivity index (χ4v) is 5.41. The Morgan fingerprint density at radius 1 is 1.29 bits per heavy atom. The Balaban J connectivity index is 2.58. The summed E-state index contributed by atoms with van der Waals surface area (Å²) in [5.41, 5.74) is 9.14. The van der Waals surface area contributed by atoms with E-state index in [1.165, 1.54) is 0 Å². The first-order valence-electron chi connectivity index (χ1n) is 6.19. The van der Waals surface area contributed by atoms with Crippen molar-refractivity contribution in [3.8, 4) is 0 Å². The number of sulfone groups is 1. The molecule has 0 bridgehead atoms. The maximum atomic E-state index is 12.9. The van der Waals surface area contributed by atoms with Crippen LogP contribution < -0.4 is 0 Å². The van der Waals surface area contributed by atoms with Gasteiger partial charge in [0.2, 0.25) is 0 Å². The predicted molar refractivity (Wildman–Crippen MR) is 74.2 cm³/mol. The highest BCUT2D eigenvalue weighted by Crippen LogP contribution is 2.38. The molecule has 1 aromatic carbocycles. The minimum Gasteiger partial charge on any atom is -0.360 e. The molecule has 1 fully saturated rings. The maximum Gasteiger partial charge on any atom is 0.406 e. The van der Waals surface area contributed by atoms with Gasteiger partial charge in [-0.3, -0.25) is 0 Å². The summed E-state index contributed by atoms with van der Waals surface area (Å²) >= 11 is -2.50. The normalized spacial score (nSPS) is 19.0. The van der Waals surface area contributed by atoms with Crippen molar-refractivity contribution in [2.75, 3.05) is 0 Å². The molecule has 0 amide bonds. The first kappa shape index (κ1) is 16.0. The van der Waals surface area contributed by atoms with Crippen molar-refractivity contribution in [2.45, 2.75) is 35.3 Å². The fraction of sp³-hybridized carbons (Fsp3) is 0.417. The van der Waals surface area contributed by atoms with Crippen molar-refractivity contribution in [2.24, 2.45) is 0 Å². The molecule has 21 heavy (non-hydrogen) atoms. The SMILES string of the molecule is [N-]=[N+]=C(C1(S(=O)O)CCCC1)S(=O)(=O)c1ccc(F)cc1. The molecule has 1 atom stereocenters. The van der Waals surface area contributed by atoms with Crippen LogP contribution in [0.4, 0.5) is 4.39 Å². The molecule has 0 spiro atoms. The van der Waals surface area contributed by atoms with Gasteiger partial charge in [-0.05, 0) is 37.1 Å². The smallest absolute Gasteiger partial charge is 0.360 e. The Hall–Kier alpha value is -1.41. The molecule has 114 valence electrons. The number of halogens is 1. The van der Waals surface area contributed by atoms with Crippen molar-refractivity contribution >= 4 is 26.0 Å². The molecule has 9 heteroatoms. The summed E-state index contributed by atoms with van der Waals surface area (Å²) in [7, 11) is -4.27. The van der Waals surface area contributed by atoms with Gasteiger partial charge in [-0.15, -0.1) is 0 Å². The summed E-state index contributed by atoms with van der Waals surface area (Å²) in [5.74, 6) is -0.613. The molecule has 1 N–H and O–H groups in total. The van der Waals surface area contributed by atoms with Crippen molar-refractivity contribution in [1.82, 2.24) is 0 Å². The van der Waals surface area contributed by atoms with Gasteiger partial charge in [-0.25, -0.2) is 17.0 Å². The van der Waals surface area contributed by atoms with E-state index in [-0.39, 0.29) is 17.7 Å². The van der Waals surface area contributed by atoms with Crippen LogP contribution in [0.15, 0.2) is 29.2 Å². The Labute approximate surface area is 123 Å². The zero-order valence-corrected chi connectivity index (χ0v) is 12.5. The lowest BCUT2D eigenvalue weighted by molar-refractivity contribution is -0.00616. The Morgan fingerprint density at radius 3 is 2.24 bits per heavy atom. The van der Waals surface area contributed by atoms with Crippen molar-refractivity contribution < 1.29 is 26.4 Å². The minimum absolute atomic E-state index is 0.135. The van der Waals surface area contributed by atoms with E-state index in [9.17, 15) is 21.6 Å². The molecule has 0 aliphatic heterocycles. The highest BCUT2D eigenvalue weighted by Gasteiger charge is 2.57. The summed E-state index contributed by atoms with van der Waals surface area (Å²) in [6.45, 7) is 0. The van der Waals surface area contributed by atoms with Crippen LogP contribution in [0.25, 0.3) is 5.53 Å². The van der Waals surface area contributed by atoms with Gasteiger partial charge in [0.15, 0.2) is 15.8 Å². The second-order valence-electron chi connectivity index (χ2n) is 4.81. The van der Waals surface area contributed by atoms with Gasteiger partial charge < -0.3 is 10.1 Å². The molecular formula is C12H13FN2O4S2. The average Bonchev–Trinajstić information content (AvgIpc) is 2.90. The third-order valence-electron chi connectivity index (χ3n) is 3.60. The van der Waals surface area contributed by atoms with Gasteiger partial charge in [0.1, 0.15) is 5.82 Å². The first-order chi connectivity index (χ1) is 9.84. The van der Waals surface area contributed by atoms with Gasteiger partial charge in [0, 0.05) is 0 Å². The second-order valence-corrected chi connectivity index (χ2v) is 7.96. The molecular weight excluding hydrogens is 319 g/mol. The average molecular weight is 332 g/mol. The standard InChI is InChI=1S/C12H13FN2O4S2/c13-9-3-5-10(6-4-9)21(18,19)11(15-14)12(20(16)17)7-1-2-8-12/h3-6H,1-2,7-8H2,(H,16,17). The number of benzene rings is 1. The summed E-state index contributed by atoms with van der Waals surface area (Å²) < 4.78 is 57.5. The van der Waals surface area contributed by atoms with E-state index in [0.29, 0.717) is 12.8 Å². The monoisotopic (exact) mass is 332 g/mol. The van der Waals surface area contributed by atoms with E-state index in [2.05, 4.69) is 4.79 Å². The molecule has 6 nitrogen and oxygen atoms in total. The molecule has 1 aliphatic rings. The van der Waals surface area contributed by atoms with Crippen LogP contribution in [-0.4, -0.2) is 31.8 Å². The van der Waals surface area contributed by atoms with Gasteiger partial charge >= 0.3 is 5.04 Å². The van der Waals surface area contributed by atoms with Crippen LogP contribution in [0, 0.1) is 5.82 Å². The summed E-state index contributed by atoms with van der Waals surface area (Å²) in [6, 6.07) is 3.97. The number of nitrogens with zero attached hydrogens (tertiary/aromatic N) is 2. The molecule has 1 unspecified atom stereocenters. The molecule has 0 saturated heterocycles. The van der Waals surface area contributed by atoms with Crippen LogP contribution in [0.2, 0.25) is 0 Å². The summed E-state index contributed by atoms with van der Waals surface area (Å²) in [5, 5.41) is -0.736. The zero-order valence-electron chi connectivity index (χ0n) is 10.9. The van der Waals surface area contributed by atoms with Crippen LogP contribution in [0.1, 0.15) is 25.7 Å². The molecule has 0 aromatic heterocycles. The molecule has 0 radical (unpaired) electrons. The van der Waals surface area contributed by atoms with Crippen LogP contribution in [0.3, 0.4) is 0 Å². The van der Waals surface area contributed by atoms with Gasteiger partial charge in [-0.1, -0.05) is 12.8 Å². The lowest BCUT2D eigenvalue weighted by Gasteiger charge is -2.19. The zero-order chi connectivity index (χ0) is 15.7. The number of hydrogen-bond acceptors (Lipinski definition) is 3. The third-order valence-corrected chi connectivity index (χ3v) is 6.88. The van der Waals surface area contributed by atoms with Crippen molar-refractivity contribution in [1.29, 1.82) is 0 Å². The largest absolute Gasteiger partial charge is 0.406 e. The first-order valence-corrected chi connectivity index (χ1v) is 8.78. The maximum absolute atomic E-state index is 12.9. The van der Waals surface area contributed by atoms with Gasteiger partial charge in [-0.2, -0.15) is 4.79 Å². The summed E-state index contributed by atoms with van der Waals surface area (Å²) in [4.78, 5) is 2.53. The van der Waals surface area contributed by atoms with E-state index in [1.54, 1.807) is 0 Å². The number of rotatable bonds is 3. The van der Waals surface area contributed by atoms with Crippen molar-refractivity contribution in [3.63, 3.8) is 0 Å². The van der Waals surface area contributed by atoms with Crippen LogP contribution >= 0.6 is 0 Å². The molecule has 0 heterocycles. The minimum atomic E-state index is -4.27. The van der Waals surface area contributed by atoms with E-state index < -0.39 is 36.5 Å². The van der Waals surface area contributed by atoms with Gasteiger partial charge in [0.25, 0.3) is 9.84 Å². The number of hydrogen-bond donors (Lipinski definition) is 1. The van der Waals surface area contributed by atoms with Crippen molar-refractivity contribution in [3.05, 3.63) is 35.6 Å². The van der Waals surface area contributed by atoms with E-state index >= 15 is 0 Å². The van der Waals surface area contributed by atoms with E-state index in [0.717, 1.165) is 24.3 Å². The van der Waals surface area contributed by atoms with E-state index in [4.69, 9.17) is 5.53 Å². The Morgan fingerprint density at radius 2 is 1.81 bits per heavy atom. The predicted octanol–water partition coefficient (Wildman–Crippen LogP) is 1.76. The lowest BCUT2D eigenvalue weighted by atomic mass is 10.1. The van der Waals surface area contributed by atoms with Gasteiger partial charge in [0.05, 0.1) is 4.90 Å². The highest BCUT2D eigenvalue weighted by atomic mass is 32.2. The molecule has 1 aromatic rings.